The van der Waals surface area contributed by atoms with E-state index in [4.69, 9.17) is 0 Å². The summed E-state index contributed by atoms with van der Waals surface area (Å²) in [6.07, 6.45) is 4.38. The predicted molar refractivity (Wildman–Crippen MR) is 128 cm³/mol. The maximum absolute atomic E-state index is 2.36. The molecular weight excluding hydrogens is 386 g/mol. The molecule has 0 aliphatic heterocycles. The monoisotopic (exact) mass is 409 g/mol. The molecule has 6 rings (SSSR count). The highest BCUT2D eigenvalue weighted by Gasteiger charge is 2.56. The molecule has 0 atom stereocenters. The Kier molecular flexibility index (Phi) is 4.40. The van der Waals surface area contributed by atoms with Crippen LogP contribution in [0.1, 0.15) is 33.4 Å². The first-order valence-corrected chi connectivity index (χ1v) is 11.0. The molecule has 1 nitrogen and oxygen atoms in total. The zero-order valence-electron chi connectivity index (χ0n) is 17.7. The van der Waals surface area contributed by atoms with E-state index >= 15 is 0 Å². The number of hydrogen-bond acceptors (Lipinski definition) is 0. The van der Waals surface area contributed by atoms with Gasteiger partial charge in [-0.15, -0.1) is 0 Å². The fourth-order valence-electron chi connectivity index (χ4n) is 5.28. The molecule has 1 aliphatic carbocycles. The zero-order valence-corrected chi connectivity index (χ0v) is 17.7. The summed E-state index contributed by atoms with van der Waals surface area (Å²) < 4.78 is 2.36. The van der Waals surface area contributed by atoms with Crippen molar-refractivity contribution in [3.63, 3.8) is 0 Å². The van der Waals surface area contributed by atoms with Crippen LogP contribution in [0.5, 0.6) is 0 Å². The molecule has 0 saturated heterocycles. The highest BCUT2D eigenvalue weighted by atomic mass is 15.0. The van der Waals surface area contributed by atoms with Crippen molar-refractivity contribution in [3.05, 3.63) is 179 Å². The van der Waals surface area contributed by atoms with E-state index in [1.807, 2.05) is 0 Å². The van der Waals surface area contributed by atoms with Crippen molar-refractivity contribution < 1.29 is 4.57 Å². The van der Waals surface area contributed by atoms with E-state index in [0.717, 1.165) is 0 Å². The van der Waals surface area contributed by atoms with Gasteiger partial charge >= 0.3 is 0 Å². The average Bonchev–Trinajstić information content (AvgIpc) is 2.89. The fraction of sp³-hybridized carbons (Fsp3) is 0.0323. The lowest BCUT2D eigenvalue weighted by atomic mass is 9.64. The molecule has 0 fully saturated rings. The molecular formula is C31H23N+2. The van der Waals surface area contributed by atoms with Crippen molar-refractivity contribution in [1.29, 1.82) is 0 Å². The second-order valence-corrected chi connectivity index (χ2v) is 8.19. The normalized spacial score (nSPS) is 13.8. The summed E-state index contributed by atoms with van der Waals surface area (Å²) in [5, 5.41) is 0. The van der Waals surface area contributed by atoms with Gasteiger partial charge in [-0.3, -0.25) is 0 Å². The minimum absolute atomic E-state index is 0.464. The zero-order chi connectivity index (χ0) is 21.4. The molecule has 150 valence electrons. The summed E-state index contributed by atoms with van der Waals surface area (Å²) in [6.45, 7) is 0. The Balaban J connectivity index is 1.78. The minimum Gasteiger partial charge on any atom is -0.177 e. The van der Waals surface area contributed by atoms with Crippen LogP contribution in [0.4, 0.5) is 0 Å². The summed E-state index contributed by atoms with van der Waals surface area (Å²) in [7, 11) is 0. The van der Waals surface area contributed by atoms with Crippen molar-refractivity contribution in [1.82, 2.24) is 0 Å². The van der Waals surface area contributed by atoms with Crippen LogP contribution in [0, 0.1) is 5.92 Å². The smallest absolute Gasteiger partial charge is 0.177 e. The highest BCUT2D eigenvalue weighted by Crippen LogP contribution is 2.50. The van der Waals surface area contributed by atoms with Crippen LogP contribution in [0.2, 0.25) is 0 Å². The van der Waals surface area contributed by atoms with Gasteiger partial charge in [0.2, 0.25) is 0 Å². The Labute approximate surface area is 189 Å². The first-order valence-electron chi connectivity index (χ1n) is 11.0. The first-order chi connectivity index (χ1) is 15.9. The molecule has 32 heavy (non-hydrogen) atoms. The number of hydrogen-bond donors (Lipinski definition) is 0. The Morgan fingerprint density at radius 3 is 1.53 bits per heavy atom. The number of pyridine rings is 1. The molecule has 0 saturated carbocycles. The molecule has 1 aromatic heterocycles. The standard InChI is InChI=1S/C31H23N/c1-4-14-24(15-5-1)30-26-18-8-10-20-28(26)31(25-16-6-2-7-17-25,32-22-12-3-13-23-32)29-21-11-9-19-27(29)30/h1-23H/q+2. The summed E-state index contributed by atoms with van der Waals surface area (Å²) >= 11 is 0. The van der Waals surface area contributed by atoms with E-state index in [2.05, 4.69) is 144 Å². The van der Waals surface area contributed by atoms with E-state index < -0.39 is 5.54 Å². The molecule has 0 spiro atoms. The van der Waals surface area contributed by atoms with Crippen LogP contribution in [0.15, 0.2) is 140 Å². The second kappa shape index (κ2) is 7.55. The maximum Gasteiger partial charge on any atom is 0.281 e. The van der Waals surface area contributed by atoms with Gasteiger partial charge in [-0.05, 0) is 60.7 Å². The van der Waals surface area contributed by atoms with Crippen LogP contribution in [0.3, 0.4) is 0 Å². The molecule has 0 unspecified atom stereocenters. The lowest BCUT2D eigenvalue weighted by molar-refractivity contribution is -0.734. The molecule has 5 aromatic rings. The molecule has 0 radical (unpaired) electrons. The van der Waals surface area contributed by atoms with Crippen LogP contribution >= 0.6 is 0 Å². The van der Waals surface area contributed by atoms with Gasteiger partial charge in [0.05, 0.1) is 33.7 Å². The summed E-state index contributed by atoms with van der Waals surface area (Å²) in [4.78, 5) is 0. The number of fused-ring (bicyclic) bond motifs is 2. The molecule has 0 bridgehead atoms. The Hall–Kier alpha value is -4.10. The van der Waals surface area contributed by atoms with Gasteiger partial charge in [-0.1, -0.05) is 54.6 Å². The van der Waals surface area contributed by atoms with Crippen molar-refractivity contribution in [2.24, 2.45) is 0 Å². The number of aromatic nitrogens is 1. The second-order valence-electron chi connectivity index (χ2n) is 8.19. The van der Waals surface area contributed by atoms with Crippen LogP contribution < -0.4 is 4.57 Å². The van der Waals surface area contributed by atoms with Gasteiger partial charge in [0, 0.05) is 17.7 Å². The van der Waals surface area contributed by atoms with Gasteiger partial charge < -0.3 is 0 Å². The fourth-order valence-corrected chi connectivity index (χ4v) is 5.28. The molecule has 0 amide bonds. The number of nitrogens with zero attached hydrogens (tertiary/aromatic N) is 1. The van der Waals surface area contributed by atoms with E-state index in [1.165, 1.54) is 39.3 Å². The Bertz CT molecular complexity index is 1270. The third kappa shape index (κ3) is 2.65. The third-order valence-corrected chi connectivity index (χ3v) is 6.53. The van der Waals surface area contributed by atoms with Crippen LogP contribution in [-0.2, 0) is 5.54 Å². The molecule has 0 N–H and O–H groups in total. The quantitative estimate of drug-likeness (QED) is 0.244. The summed E-state index contributed by atoms with van der Waals surface area (Å²) in [5.41, 5.74) is 7.17. The van der Waals surface area contributed by atoms with E-state index in [1.54, 1.807) is 0 Å². The Morgan fingerprint density at radius 2 is 0.938 bits per heavy atom. The SMILES string of the molecule is c1ccc([C+]2c3ccccc3C(c3ccccc3)([n+]3ccccc3)c3ccccc32)cc1. The average molecular weight is 410 g/mol. The molecule has 1 heteroatoms. The van der Waals surface area contributed by atoms with Crippen LogP contribution in [-0.4, -0.2) is 0 Å². The van der Waals surface area contributed by atoms with Crippen molar-refractivity contribution in [3.8, 4) is 0 Å². The maximum atomic E-state index is 2.36. The predicted octanol–water partition coefficient (Wildman–Crippen LogP) is 6.15. The Morgan fingerprint density at radius 1 is 0.469 bits per heavy atom. The van der Waals surface area contributed by atoms with E-state index in [0.29, 0.717) is 0 Å². The van der Waals surface area contributed by atoms with E-state index in [9.17, 15) is 0 Å². The third-order valence-electron chi connectivity index (χ3n) is 6.53. The lowest BCUT2D eigenvalue weighted by Gasteiger charge is -2.35. The number of benzene rings is 4. The van der Waals surface area contributed by atoms with Crippen molar-refractivity contribution >= 4 is 0 Å². The molecule has 1 heterocycles. The largest absolute Gasteiger partial charge is 0.281 e. The van der Waals surface area contributed by atoms with Gasteiger partial charge in [-0.25, -0.2) is 0 Å². The van der Waals surface area contributed by atoms with Gasteiger partial charge in [0.25, 0.3) is 5.54 Å². The van der Waals surface area contributed by atoms with Crippen LogP contribution in [0.25, 0.3) is 0 Å². The van der Waals surface area contributed by atoms with Gasteiger partial charge in [-0.2, -0.15) is 4.57 Å². The van der Waals surface area contributed by atoms with Gasteiger partial charge in [0.1, 0.15) is 0 Å². The summed E-state index contributed by atoms with van der Waals surface area (Å²) in [6, 6.07) is 45.7. The number of rotatable bonds is 3. The van der Waals surface area contributed by atoms with Gasteiger partial charge in [0.15, 0.2) is 12.4 Å². The summed E-state index contributed by atoms with van der Waals surface area (Å²) in [5.74, 6) is 1.29. The topological polar surface area (TPSA) is 3.88 Å². The van der Waals surface area contributed by atoms with E-state index in [-0.39, 0.29) is 0 Å². The highest BCUT2D eigenvalue weighted by molar-refractivity contribution is 5.70. The lowest BCUT2D eigenvalue weighted by Crippen LogP contribution is -2.60. The molecule has 1 aliphatic rings. The van der Waals surface area contributed by atoms with Crippen molar-refractivity contribution in [2.75, 3.05) is 0 Å². The minimum atomic E-state index is -0.464. The first kappa shape index (κ1) is 18.7. The van der Waals surface area contributed by atoms with Crippen molar-refractivity contribution in [2.45, 2.75) is 5.54 Å². The molecule has 4 aromatic carbocycles.